The van der Waals surface area contributed by atoms with Crippen molar-refractivity contribution in [1.82, 2.24) is 5.32 Å². The molecule has 4 rings (SSSR count). The molecule has 2 amide bonds. The molecule has 0 bridgehead atoms. The Hall–Kier alpha value is -3.11. The molecule has 2 N–H and O–H groups in total. The van der Waals surface area contributed by atoms with E-state index in [0.717, 1.165) is 26.9 Å². The average Bonchev–Trinajstić information content (AvgIpc) is 3.22. The van der Waals surface area contributed by atoms with Gasteiger partial charge in [-0.05, 0) is 35.4 Å². The number of hydrogen-bond donors (Lipinski definition) is 2. The van der Waals surface area contributed by atoms with Crippen LogP contribution in [0.5, 0.6) is 0 Å². The number of amides is 2. The summed E-state index contributed by atoms with van der Waals surface area (Å²) < 4.78 is 0. The van der Waals surface area contributed by atoms with Crippen LogP contribution in [0.25, 0.3) is 10.8 Å². The zero-order chi connectivity index (χ0) is 18.6. The van der Waals surface area contributed by atoms with E-state index in [1.807, 2.05) is 60.0 Å². The molecule has 3 nitrogen and oxygen atoms in total. The highest BCUT2D eigenvalue weighted by Crippen LogP contribution is 2.27. The van der Waals surface area contributed by atoms with Crippen LogP contribution >= 0.6 is 11.3 Å². The van der Waals surface area contributed by atoms with Crippen molar-refractivity contribution in [1.29, 1.82) is 0 Å². The fourth-order valence-electron chi connectivity index (χ4n) is 3.16. The Morgan fingerprint density at radius 1 is 0.889 bits per heavy atom. The Bertz CT molecular complexity index is 1050. The van der Waals surface area contributed by atoms with E-state index in [2.05, 4.69) is 41.8 Å². The minimum absolute atomic E-state index is 0.180. The Labute approximate surface area is 162 Å². The predicted octanol–water partition coefficient (Wildman–Crippen LogP) is 6.12. The molecule has 1 unspecified atom stereocenters. The second-order valence-electron chi connectivity index (χ2n) is 6.48. The summed E-state index contributed by atoms with van der Waals surface area (Å²) in [5.41, 5.74) is 3.07. The van der Waals surface area contributed by atoms with Gasteiger partial charge in [0.1, 0.15) is 0 Å². The largest absolute Gasteiger partial charge is 0.326 e. The number of urea groups is 1. The molecule has 1 heterocycles. The molecule has 0 fully saturated rings. The van der Waals surface area contributed by atoms with Gasteiger partial charge in [0.25, 0.3) is 0 Å². The van der Waals surface area contributed by atoms with Crippen molar-refractivity contribution in [2.75, 3.05) is 5.32 Å². The number of aryl methyl sites for hydroxylation is 1. The lowest BCUT2D eigenvalue weighted by atomic mass is 10.0. The molecular formula is C23H20N2OS. The molecule has 0 aliphatic carbocycles. The van der Waals surface area contributed by atoms with Crippen LogP contribution in [0.2, 0.25) is 0 Å². The van der Waals surface area contributed by atoms with Gasteiger partial charge in [0.2, 0.25) is 0 Å². The molecule has 4 aromatic rings. The van der Waals surface area contributed by atoms with E-state index >= 15 is 0 Å². The van der Waals surface area contributed by atoms with Crippen molar-refractivity contribution in [3.63, 3.8) is 0 Å². The lowest BCUT2D eigenvalue weighted by molar-refractivity contribution is 0.250. The zero-order valence-electron chi connectivity index (χ0n) is 15.0. The third-order valence-electron chi connectivity index (χ3n) is 4.55. The summed E-state index contributed by atoms with van der Waals surface area (Å²) in [6, 6.07) is 25.9. The van der Waals surface area contributed by atoms with E-state index in [-0.39, 0.29) is 12.1 Å². The molecule has 0 spiro atoms. The molecule has 0 saturated carbocycles. The second-order valence-corrected chi connectivity index (χ2v) is 7.46. The number of benzene rings is 3. The van der Waals surface area contributed by atoms with Gasteiger partial charge >= 0.3 is 6.03 Å². The van der Waals surface area contributed by atoms with Gasteiger partial charge in [-0.1, -0.05) is 72.3 Å². The number of fused-ring (bicyclic) bond motifs is 1. The maximum atomic E-state index is 12.8. The number of nitrogens with one attached hydrogen (secondary N) is 2. The minimum Gasteiger partial charge on any atom is -0.326 e. The van der Waals surface area contributed by atoms with E-state index in [0.29, 0.717) is 0 Å². The third-order valence-corrected chi connectivity index (χ3v) is 5.49. The molecule has 0 saturated heterocycles. The van der Waals surface area contributed by atoms with Gasteiger partial charge in [-0.2, -0.15) is 0 Å². The molecule has 27 heavy (non-hydrogen) atoms. The predicted molar refractivity (Wildman–Crippen MR) is 113 cm³/mol. The maximum Gasteiger partial charge on any atom is 0.320 e. The van der Waals surface area contributed by atoms with Crippen LogP contribution in [0.1, 0.15) is 22.0 Å². The number of hydrogen-bond acceptors (Lipinski definition) is 2. The second kappa shape index (κ2) is 7.64. The topological polar surface area (TPSA) is 41.1 Å². The van der Waals surface area contributed by atoms with Crippen molar-refractivity contribution in [3.8, 4) is 0 Å². The fraction of sp³-hybridized carbons (Fsp3) is 0.0870. The van der Waals surface area contributed by atoms with Gasteiger partial charge in [0.05, 0.1) is 11.7 Å². The average molecular weight is 372 g/mol. The SMILES string of the molecule is Cc1ccc(C(NC(=O)Nc2cccc3ccccc23)c2cccs2)cc1. The first kappa shape index (κ1) is 17.3. The Balaban J connectivity index is 1.59. The van der Waals surface area contributed by atoms with Gasteiger partial charge in [0.15, 0.2) is 0 Å². The van der Waals surface area contributed by atoms with Gasteiger partial charge < -0.3 is 10.6 Å². The minimum atomic E-state index is -0.217. The molecular weight excluding hydrogens is 352 g/mol. The highest BCUT2D eigenvalue weighted by Gasteiger charge is 2.18. The lowest BCUT2D eigenvalue weighted by Crippen LogP contribution is -2.32. The number of rotatable bonds is 4. The van der Waals surface area contributed by atoms with Crippen molar-refractivity contribution < 1.29 is 4.79 Å². The maximum absolute atomic E-state index is 12.8. The third kappa shape index (κ3) is 3.86. The molecule has 3 aromatic carbocycles. The van der Waals surface area contributed by atoms with Crippen LogP contribution in [0, 0.1) is 6.92 Å². The highest BCUT2D eigenvalue weighted by atomic mass is 32.1. The van der Waals surface area contributed by atoms with Gasteiger partial charge in [0, 0.05) is 10.3 Å². The van der Waals surface area contributed by atoms with Gasteiger partial charge in [-0.15, -0.1) is 11.3 Å². The number of anilines is 1. The van der Waals surface area contributed by atoms with Gasteiger partial charge in [-0.3, -0.25) is 0 Å². The Morgan fingerprint density at radius 2 is 1.67 bits per heavy atom. The number of thiophene rings is 1. The number of carbonyl (C=O) groups is 1. The van der Waals surface area contributed by atoms with Crippen LogP contribution in [0.3, 0.4) is 0 Å². The standard InChI is InChI=1S/C23H20N2OS/c1-16-11-13-18(14-12-16)22(21-10-5-15-27-21)25-23(26)24-20-9-4-7-17-6-2-3-8-19(17)20/h2-15,22H,1H3,(H2,24,25,26). The van der Waals surface area contributed by atoms with E-state index in [9.17, 15) is 4.79 Å². The van der Waals surface area contributed by atoms with E-state index in [1.165, 1.54) is 5.56 Å². The van der Waals surface area contributed by atoms with Crippen LogP contribution in [0.15, 0.2) is 84.2 Å². The molecule has 134 valence electrons. The lowest BCUT2D eigenvalue weighted by Gasteiger charge is -2.19. The van der Waals surface area contributed by atoms with Crippen LogP contribution < -0.4 is 10.6 Å². The molecule has 1 atom stereocenters. The van der Waals surface area contributed by atoms with Crippen LogP contribution in [0.4, 0.5) is 10.5 Å². The summed E-state index contributed by atoms with van der Waals surface area (Å²) in [6.45, 7) is 2.06. The van der Waals surface area contributed by atoms with Crippen molar-refractivity contribution in [3.05, 3.63) is 100 Å². The fourth-order valence-corrected chi connectivity index (χ4v) is 3.96. The molecule has 4 heteroatoms. The Morgan fingerprint density at radius 3 is 2.44 bits per heavy atom. The van der Waals surface area contributed by atoms with E-state index < -0.39 is 0 Å². The summed E-state index contributed by atoms with van der Waals surface area (Å²) in [4.78, 5) is 13.9. The van der Waals surface area contributed by atoms with Crippen molar-refractivity contribution >= 4 is 33.8 Å². The highest BCUT2D eigenvalue weighted by molar-refractivity contribution is 7.10. The van der Waals surface area contributed by atoms with Crippen molar-refractivity contribution in [2.24, 2.45) is 0 Å². The summed E-state index contributed by atoms with van der Waals surface area (Å²) in [6.07, 6.45) is 0. The monoisotopic (exact) mass is 372 g/mol. The summed E-state index contributed by atoms with van der Waals surface area (Å²) in [5, 5.41) is 10.3. The van der Waals surface area contributed by atoms with Crippen LogP contribution in [-0.4, -0.2) is 6.03 Å². The first-order valence-electron chi connectivity index (χ1n) is 8.86. The molecule has 1 aromatic heterocycles. The number of carbonyl (C=O) groups excluding carboxylic acids is 1. The normalized spacial score (nSPS) is 11.9. The van der Waals surface area contributed by atoms with Crippen molar-refractivity contribution in [2.45, 2.75) is 13.0 Å². The first-order valence-corrected chi connectivity index (χ1v) is 9.74. The quantitative estimate of drug-likeness (QED) is 0.445. The smallest absolute Gasteiger partial charge is 0.320 e. The summed E-state index contributed by atoms with van der Waals surface area (Å²) in [5.74, 6) is 0. The van der Waals surface area contributed by atoms with E-state index in [1.54, 1.807) is 11.3 Å². The summed E-state index contributed by atoms with van der Waals surface area (Å²) in [7, 11) is 0. The molecule has 0 aliphatic heterocycles. The van der Waals surface area contributed by atoms with Gasteiger partial charge in [-0.25, -0.2) is 4.79 Å². The zero-order valence-corrected chi connectivity index (χ0v) is 15.8. The van der Waals surface area contributed by atoms with E-state index in [4.69, 9.17) is 0 Å². The summed E-state index contributed by atoms with van der Waals surface area (Å²) >= 11 is 1.64. The Kier molecular flexibility index (Phi) is 4.90. The van der Waals surface area contributed by atoms with Crippen LogP contribution in [-0.2, 0) is 0 Å². The molecule has 0 radical (unpaired) electrons. The first-order chi connectivity index (χ1) is 13.2. The molecule has 0 aliphatic rings.